The number of benzene rings is 3. The third kappa shape index (κ3) is 6.33. The van der Waals surface area contributed by atoms with Crippen molar-refractivity contribution in [2.24, 2.45) is 0 Å². The van der Waals surface area contributed by atoms with Crippen LogP contribution in [0.2, 0.25) is 0 Å². The topological polar surface area (TPSA) is 150 Å². The first-order valence-corrected chi connectivity index (χ1v) is 21.4. The number of piperidine rings is 2. The van der Waals surface area contributed by atoms with Crippen LogP contribution in [-0.2, 0) is 21.4 Å². The summed E-state index contributed by atoms with van der Waals surface area (Å²) in [6.07, 6.45) is 3.23. The summed E-state index contributed by atoms with van der Waals surface area (Å²) in [5.41, 5.74) is 7.54. The number of amides is 4. The molecular formula is C45H47N7O5S. The lowest BCUT2D eigenvalue weighted by molar-refractivity contribution is -0.136. The van der Waals surface area contributed by atoms with Gasteiger partial charge in [-0.15, -0.1) is 11.8 Å². The second-order valence-electron chi connectivity index (χ2n) is 16.7. The SMILES string of the molecule is CCc1cc2c(cc1N1CCC(N3CCN(CCSc4cccc5c4C(=O)N(C4CCC(=O)NC4=O)C5=O)CC3)CC1)C(C)(C)c1[nH]c3cc(C#N)ccc3c1C2=O. The maximum Gasteiger partial charge on any atom is 0.263 e. The molecule has 9 rings (SSSR count). The lowest BCUT2D eigenvalue weighted by atomic mass is 9.70. The Morgan fingerprint density at radius 2 is 1.66 bits per heavy atom. The molecule has 1 unspecified atom stereocenters. The molecule has 4 aromatic rings. The number of fused-ring (bicyclic) bond motifs is 5. The highest BCUT2D eigenvalue weighted by molar-refractivity contribution is 7.99. The molecule has 58 heavy (non-hydrogen) atoms. The Kier molecular flexibility index (Phi) is 9.77. The molecule has 0 spiro atoms. The van der Waals surface area contributed by atoms with Crippen LogP contribution in [0, 0.1) is 11.3 Å². The van der Waals surface area contributed by atoms with Gasteiger partial charge in [0, 0.05) is 102 Å². The van der Waals surface area contributed by atoms with Crippen molar-refractivity contribution in [2.75, 3.05) is 56.5 Å². The minimum atomic E-state index is -0.972. The van der Waals surface area contributed by atoms with Crippen molar-refractivity contribution in [2.45, 2.75) is 75.3 Å². The van der Waals surface area contributed by atoms with E-state index >= 15 is 0 Å². The van der Waals surface area contributed by atoms with Crippen LogP contribution in [0.15, 0.2) is 53.4 Å². The number of hydrogen-bond donors (Lipinski definition) is 2. The summed E-state index contributed by atoms with van der Waals surface area (Å²) in [5, 5.41) is 12.6. The number of H-pyrrole nitrogens is 1. The number of nitrogens with zero attached hydrogens (tertiary/aromatic N) is 5. The fraction of sp³-hybridized carbons (Fsp3) is 0.422. The predicted molar refractivity (Wildman–Crippen MR) is 221 cm³/mol. The van der Waals surface area contributed by atoms with E-state index in [4.69, 9.17) is 0 Å². The highest BCUT2D eigenvalue weighted by Crippen LogP contribution is 2.46. The number of aromatic amines is 1. The third-order valence-corrected chi connectivity index (χ3v) is 14.2. The Hall–Kier alpha value is -5.29. The predicted octanol–water partition coefficient (Wildman–Crippen LogP) is 5.25. The van der Waals surface area contributed by atoms with Gasteiger partial charge in [-0.25, -0.2) is 0 Å². The van der Waals surface area contributed by atoms with Gasteiger partial charge in [-0.1, -0.05) is 32.9 Å². The van der Waals surface area contributed by atoms with Crippen molar-refractivity contribution in [1.82, 2.24) is 25.0 Å². The molecule has 0 radical (unpaired) electrons. The van der Waals surface area contributed by atoms with E-state index in [0.717, 1.165) is 114 Å². The Balaban J connectivity index is 0.803. The van der Waals surface area contributed by atoms with Crippen LogP contribution in [0.5, 0.6) is 0 Å². The highest BCUT2D eigenvalue weighted by atomic mass is 32.2. The maximum absolute atomic E-state index is 14.1. The molecule has 12 nitrogen and oxygen atoms in total. The van der Waals surface area contributed by atoms with E-state index in [1.165, 1.54) is 11.3 Å². The number of carbonyl (C=O) groups is 5. The van der Waals surface area contributed by atoms with E-state index in [9.17, 15) is 29.2 Å². The summed E-state index contributed by atoms with van der Waals surface area (Å²) in [6, 6.07) is 17.0. The number of thioether (sulfide) groups is 1. The summed E-state index contributed by atoms with van der Waals surface area (Å²) in [6.45, 7) is 13.3. The van der Waals surface area contributed by atoms with Gasteiger partial charge in [-0.05, 0) is 73.2 Å². The first-order valence-electron chi connectivity index (χ1n) is 20.5. The molecule has 1 aliphatic carbocycles. The number of piperazine rings is 1. The molecule has 5 heterocycles. The molecule has 5 aliphatic rings. The Labute approximate surface area is 341 Å². The summed E-state index contributed by atoms with van der Waals surface area (Å²) in [7, 11) is 0. The molecule has 2 N–H and O–H groups in total. The monoisotopic (exact) mass is 797 g/mol. The van der Waals surface area contributed by atoms with E-state index in [1.54, 1.807) is 30.0 Å². The number of nitrogens with one attached hydrogen (secondary N) is 2. The second-order valence-corrected chi connectivity index (χ2v) is 17.8. The number of nitriles is 1. The minimum Gasteiger partial charge on any atom is -0.371 e. The minimum absolute atomic E-state index is 0.0477. The third-order valence-electron chi connectivity index (χ3n) is 13.1. The van der Waals surface area contributed by atoms with E-state index in [0.29, 0.717) is 22.7 Å². The molecule has 4 amide bonds. The smallest absolute Gasteiger partial charge is 0.263 e. The quantitative estimate of drug-likeness (QED) is 0.179. The average molecular weight is 798 g/mol. The first-order chi connectivity index (χ1) is 28.0. The van der Waals surface area contributed by atoms with Crippen LogP contribution < -0.4 is 10.2 Å². The van der Waals surface area contributed by atoms with Crippen molar-refractivity contribution < 1.29 is 24.0 Å². The lowest BCUT2D eigenvalue weighted by Crippen LogP contribution is -2.54. The number of rotatable bonds is 8. The van der Waals surface area contributed by atoms with Crippen LogP contribution in [0.1, 0.15) is 105 Å². The van der Waals surface area contributed by atoms with Crippen molar-refractivity contribution >= 4 is 57.8 Å². The fourth-order valence-corrected chi connectivity index (χ4v) is 11.0. The molecule has 1 atom stereocenters. The van der Waals surface area contributed by atoms with Gasteiger partial charge < -0.3 is 9.88 Å². The van der Waals surface area contributed by atoms with Gasteiger partial charge in [-0.2, -0.15) is 5.26 Å². The zero-order valence-electron chi connectivity index (χ0n) is 33.2. The number of aryl methyl sites for hydroxylation is 1. The van der Waals surface area contributed by atoms with Crippen LogP contribution in [0.25, 0.3) is 10.9 Å². The number of ketones is 1. The lowest BCUT2D eigenvalue weighted by Gasteiger charge is -2.44. The highest BCUT2D eigenvalue weighted by Gasteiger charge is 2.46. The second kappa shape index (κ2) is 14.8. The number of imide groups is 2. The number of anilines is 1. The van der Waals surface area contributed by atoms with Crippen LogP contribution in [0.4, 0.5) is 5.69 Å². The van der Waals surface area contributed by atoms with Gasteiger partial charge >= 0.3 is 0 Å². The number of carbonyl (C=O) groups excluding carboxylic acids is 5. The molecule has 0 saturated carbocycles. The molecule has 3 saturated heterocycles. The van der Waals surface area contributed by atoms with E-state index in [-0.39, 0.29) is 24.5 Å². The largest absolute Gasteiger partial charge is 0.371 e. The zero-order chi connectivity index (χ0) is 40.5. The van der Waals surface area contributed by atoms with E-state index in [2.05, 4.69) is 64.0 Å². The summed E-state index contributed by atoms with van der Waals surface area (Å²) in [4.78, 5) is 78.0. The summed E-state index contributed by atoms with van der Waals surface area (Å²) < 4.78 is 0. The standard InChI is InChI=1S/C45H47N7O5S/c1-4-27-23-31-32(45(2,3)41-39(40(31)54)29-9-8-26(25-46)22-33(29)47-41)24-35(27)51-14-12-28(13-15-51)50-18-16-49(17-19-50)20-21-58-36-7-5-6-30-38(36)44(57)52(43(30)56)34-10-11-37(53)48-42(34)55/h5-9,22-24,28,34,47H,4,10-21H2,1-3H3,(H,48,53,55). The van der Waals surface area contributed by atoms with Crippen LogP contribution in [0.3, 0.4) is 0 Å². The molecule has 298 valence electrons. The fourth-order valence-electron chi connectivity index (χ4n) is 9.87. The Morgan fingerprint density at radius 3 is 2.38 bits per heavy atom. The van der Waals surface area contributed by atoms with Crippen molar-refractivity contribution in [3.63, 3.8) is 0 Å². The van der Waals surface area contributed by atoms with E-state index < -0.39 is 29.2 Å². The van der Waals surface area contributed by atoms with Gasteiger partial charge in [0.15, 0.2) is 5.78 Å². The van der Waals surface area contributed by atoms with Crippen molar-refractivity contribution in [3.05, 3.63) is 93.2 Å². The Bertz CT molecular complexity index is 2450. The number of aromatic nitrogens is 1. The molecule has 3 aromatic carbocycles. The Morgan fingerprint density at radius 1 is 0.879 bits per heavy atom. The molecule has 1 aromatic heterocycles. The zero-order valence-corrected chi connectivity index (χ0v) is 34.0. The van der Waals surface area contributed by atoms with Gasteiger partial charge in [0.2, 0.25) is 11.8 Å². The molecule has 3 fully saturated rings. The maximum atomic E-state index is 14.1. The summed E-state index contributed by atoms with van der Waals surface area (Å²) >= 11 is 1.57. The van der Waals surface area contributed by atoms with Gasteiger partial charge in [0.05, 0.1) is 28.3 Å². The first kappa shape index (κ1) is 38.2. The molecular weight excluding hydrogens is 751 g/mol. The molecule has 0 bridgehead atoms. The van der Waals surface area contributed by atoms with Gasteiger partial charge in [0.25, 0.3) is 11.8 Å². The van der Waals surface area contributed by atoms with Crippen LogP contribution in [-0.4, -0.2) is 113 Å². The normalized spacial score (nSPS) is 21.3. The molecule has 4 aliphatic heterocycles. The van der Waals surface area contributed by atoms with Crippen molar-refractivity contribution in [3.8, 4) is 6.07 Å². The van der Waals surface area contributed by atoms with Crippen molar-refractivity contribution in [1.29, 1.82) is 5.26 Å². The summed E-state index contributed by atoms with van der Waals surface area (Å²) in [5.74, 6) is -1.12. The average Bonchev–Trinajstić information content (AvgIpc) is 3.75. The van der Waals surface area contributed by atoms with E-state index in [1.807, 2.05) is 18.2 Å². The van der Waals surface area contributed by atoms with Gasteiger partial charge in [-0.3, -0.25) is 44.0 Å². The van der Waals surface area contributed by atoms with Crippen LogP contribution >= 0.6 is 11.8 Å². The molecule has 13 heteroatoms. The van der Waals surface area contributed by atoms with Gasteiger partial charge in [0.1, 0.15) is 6.04 Å². The number of hydrogen-bond acceptors (Lipinski definition) is 10.